The van der Waals surface area contributed by atoms with E-state index in [0.29, 0.717) is 11.8 Å². The quantitative estimate of drug-likeness (QED) is 0.176. The van der Waals surface area contributed by atoms with Crippen molar-refractivity contribution >= 4 is 39.0 Å². The Bertz CT molecular complexity index is 2900. The molecule has 0 fully saturated rings. The van der Waals surface area contributed by atoms with Crippen LogP contribution in [0.25, 0.3) is 55.3 Å². The largest absolute Gasteiger partial charge is 0.455 e. The van der Waals surface area contributed by atoms with Crippen molar-refractivity contribution < 1.29 is 4.42 Å². The molecule has 1 aromatic heterocycles. The highest BCUT2D eigenvalue weighted by Gasteiger charge is 2.46. The zero-order chi connectivity index (χ0) is 37.8. The van der Waals surface area contributed by atoms with Crippen molar-refractivity contribution in [1.29, 1.82) is 0 Å². The van der Waals surface area contributed by atoms with Crippen LogP contribution in [0.15, 0.2) is 180 Å². The summed E-state index contributed by atoms with van der Waals surface area (Å²) in [6, 6.07) is 55.7. The number of fused-ring (bicyclic) bond motifs is 10. The second kappa shape index (κ2) is 12.1. The molecule has 2 nitrogen and oxygen atoms in total. The molecule has 3 aliphatic carbocycles. The van der Waals surface area contributed by atoms with Gasteiger partial charge in [-0.15, -0.1) is 0 Å². The summed E-state index contributed by atoms with van der Waals surface area (Å²) in [4.78, 5) is 2.40. The summed E-state index contributed by atoms with van der Waals surface area (Å²) in [6.45, 7) is 9.46. The van der Waals surface area contributed by atoms with E-state index in [1.165, 1.54) is 55.3 Å². The van der Waals surface area contributed by atoms with Crippen LogP contribution in [0.1, 0.15) is 55.9 Å². The van der Waals surface area contributed by atoms with Crippen molar-refractivity contribution in [2.75, 3.05) is 4.90 Å². The minimum absolute atomic E-state index is 0.0411. The van der Waals surface area contributed by atoms with Crippen molar-refractivity contribution in [2.45, 2.75) is 44.4 Å². The highest BCUT2D eigenvalue weighted by atomic mass is 16.3. The number of rotatable bonds is 5. The van der Waals surface area contributed by atoms with E-state index in [-0.39, 0.29) is 10.8 Å². The van der Waals surface area contributed by atoms with Crippen LogP contribution < -0.4 is 4.90 Å². The third-order valence-electron chi connectivity index (χ3n) is 13.2. The summed E-state index contributed by atoms with van der Waals surface area (Å²) in [6.07, 6.45) is 9.16. The first-order valence-corrected chi connectivity index (χ1v) is 19.9. The van der Waals surface area contributed by atoms with Gasteiger partial charge in [0, 0.05) is 50.3 Å². The molecule has 0 amide bonds. The van der Waals surface area contributed by atoms with Gasteiger partial charge in [0.25, 0.3) is 0 Å². The highest BCUT2D eigenvalue weighted by molar-refractivity contribution is 6.11. The molecule has 3 aliphatic rings. The van der Waals surface area contributed by atoms with E-state index in [1.54, 1.807) is 0 Å². The Morgan fingerprint density at radius 1 is 0.464 bits per heavy atom. The van der Waals surface area contributed by atoms with Crippen LogP contribution in [-0.4, -0.2) is 0 Å². The molecule has 270 valence electrons. The minimum atomic E-state index is -0.0966. The SMILES string of the molecule is CC1(C)c2ccccc2-c2ccc(N(c3ccc(-c4ccccc4)cc3)c3ccc(-c4cccc5c4oc4c6c(ccc45)C(C)(C)C4C=CC=CC64)cc3)cc21. The van der Waals surface area contributed by atoms with Gasteiger partial charge in [0.05, 0.1) is 0 Å². The Labute approximate surface area is 329 Å². The second-order valence-corrected chi connectivity index (χ2v) is 16.9. The predicted molar refractivity (Wildman–Crippen MR) is 234 cm³/mol. The standard InChI is InChI=1S/C54H43NO/c1-53(2)47-20-11-9-16-45(47)50-48(53)32-31-44-43-18-12-17-40(51(43)56-52(44)50)36-23-27-38(28-24-36)55(37-25-21-35(22-26-37)34-13-6-5-7-14-34)39-29-30-42-41-15-8-10-19-46(41)54(3,4)49(42)33-39/h5-33,45,47H,1-4H3. The average Bonchev–Trinajstić information content (AvgIpc) is 3.82. The van der Waals surface area contributed by atoms with E-state index in [9.17, 15) is 0 Å². The van der Waals surface area contributed by atoms with Gasteiger partial charge in [-0.2, -0.15) is 0 Å². The third kappa shape index (κ3) is 4.75. The number of allylic oxidation sites excluding steroid dienone is 4. The summed E-state index contributed by atoms with van der Waals surface area (Å²) in [5.74, 6) is 0.751. The summed E-state index contributed by atoms with van der Waals surface area (Å²) in [5.41, 5.74) is 18.1. The summed E-state index contributed by atoms with van der Waals surface area (Å²) in [5, 5.41) is 2.37. The molecule has 2 atom stereocenters. The fourth-order valence-electron chi connectivity index (χ4n) is 10.3. The molecule has 11 rings (SSSR count). The van der Waals surface area contributed by atoms with Gasteiger partial charge >= 0.3 is 0 Å². The van der Waals surface area contributed by atoms with E-state index < -0.39 is 0 Å². The van der Waals surface area contributed by atoms with Gasteiger partial charge in [-0.05, 0) is 92.2 Å². The molecule has 2 unspecified atom stereocenters. The molecule has 1 heterocycles. The molecule has 0 bridgehead atoms. The summed E-state index contributed by atoms with van der Waals surface area (Å²) in [7, 11) is 0. The lowest BCUT2D eigenvalue weighted by Gasteiger charge is -2.29. The fourth-order valence-corrected chi connectivity index (χ4v) is 10.3. The van der Waals surface area contributed by atoms with Crippen molar-refractivity contribution in [3.63, 3.8) is 0 Å². The third-order valence-corrected chi connectivity index (χ3v) is 13.2. The van der Waals surface area contributed by atoms with Gasteiger partial charge in [0.2, 0.25) is 0 Å². The lowest BCUT2D eigenvalue weighted by atomic mass is 9.74. The first-order chi connectivity index (χ1) is 27.3. The first-order valence-electron chi connectivity index (χ1n) is 19.9. The zero-order valence-electron chi connectivity index (χ0n) is 32.3. The Kier molecular flexibility index (Phi) is 7.11. The van der Waals surface area contributed by atoms with E-state index in [1.807, 2.05) is 0 Å². The molecule has 7 aromatic carbocycles. The molecule has 0 radical (unpaired) electrons. The summed E-state index contributed by atoms with van der Waals surface area (Å²) >= 11 is 0. The molecule has 0 saturated heterocycles. The first kappa shape index (κ1) is 33.0. The Morgan fingerprint density at radius 2 is 1.09 bits per heavy atom. The smallest absolute Gasteiger partial charge is 0.143 e. The normalized spacial score (nSPS) is 18.1. The van der Waals surface area contributed by atoms with Crippen LogP contribution in [-0.2, 0) is 10.8 Å². The van der Waals surface area contributed by atoms with Crippen molar-refractivity contribution in [1.82, 2.24) is 0 Å². The van der Waals surface area contributed by atoms with Crippen LogP contribution in [0.4, 0.5) is 17.1 Å². The molecule has 0 saturated carbocycles. The van der Waals surface area contributed by atoms with E-state index >= 15 is 0 Å². The van der Waals surface area contributed by atoms with Crippen molar-refractivity contribution in [3.05, 3.63) is 198 Å². The number of anilines is 3. The number of para-hydroxylation sites is 1. The molecule has 8 aromatic rings. The lowest BCUT2D eigenvalue weighted by Crippen LogP contribution is -2.24. The fraction of sp³-hybridized carbons (Fsp3) is 0.148. The lowest BCUT2D eigenvalue weighted by molar-refractivity contribution is 0.394. The second-order valence-electron chi connectivity index (χ2n) is 16.9. The summed E-state index contributed by atoms with van der Waals surface area (Å²) < 4.78 is 7.01. The van der Waals surface area contributed by atoms with Crippen LogP contribution in [0.2, 0.25) is 0 Å². The Balaban J connectivity index is 1.02. The average molecular weight is 722 g/mol. The van der Waals surface area contributed by atoms with Gasteiger partial charge in [-0.1, -0.05) is 167 Å². The topological polar surface area (TPSA) is 16.4 Å². The van der Waals surface area contributed by atoms with Gasteiger partial charge in [0.15, 0.2) is 0 Å². The number of hydrogen-bond acceptors (Lipinski definition) is 2. The van der Waals surface area contributed by atoms with Crippen molar-refractivity contribution in [2.24, 2.45) is 5.92 Å². The predicted octanol–water partition coefficient (Wildman–Crippen LogP) is 14.8. The number of benzene rings is 7. The van der Waals surface area contributed by atoms with Crippen molar-refractivity contribution in [3.8, 4) is 33.4 Å². The van der Waals surface area contributed by atoms with E-state index in [0.717, 1.165) is 39.4 Å². The maximum absolute atomic E-state index is 7.01. The van der Waals surface area contributed by atoms with Gasteiger partial charge in [0.1, 0.15) is 11.2 Å². The van der Waals surface area contributed by atoms with Gasteiger partial charge in [-0.3, -0.25) is 0 Å². The Hall–Kier alpha value is -6.38. The molecular formula is C54H43NO. The monoisotopic (exact) mass is 721 g/mol. The van der Waals surface area contributed by atoms with Gasteiger partial charge < -0.3 is 9.32 Å². The molecule has 0 N–H and O–H groups in total. The van der Waals surface area contributed by atoms with E-state index in [2.05, 4.69) is 209 Å². The van der Waals surface area contributed by atoms with Crippen LogP contribution in [0.3, 0.4) is 0 Å². The Morgan fingerprint density at radius 3 is 1.88 bits per heavy atom. The number of hydrogen-bond donors (Lipinski definition) is 0. The highest BCUT2D eigenvalue weighted by Crippen LogP contribution is 2.56. The molecule has 0 aliphatic heterocycles. The van der Waals surface area contributed by atoms with Crippen LogP contribution in [0.5, 0.6) is 0 Å². The molecule has 0 spiro atoms. The number of nitrogens with zero attached hydrogens (tertiary/aromatic N) is 1. The minimum Gasteiger partial charge on any atom is -0.455 e. The van der Waals surface area contributed by atoms with Crippen LogP contribution >= 0.6 is 0 Å². The number of furan rings is 1. The van der Waals surface area contributed by atoms with Crippen LogP contribution in [0, 0.1) is 5.92 Å². The molecule has 2 heteroatoms. The zero-order valence-corrected chi connectivity index (χ0v) is 32.3. The maximum atomic E-state index is 7.01. The van der Waals surface area contributed by atoms with Gasteiger partial charge in [-0.25, -0.2) is 0 Å². The maximum Gasteiger partial charge on any atom is 0.143 e. The van der Waals surface area contributed by atoms with E-state index in [4.69, 9.17) is 4.42 Å². The molecular weight excluding hydrogens is 679 g/mol. The molecule has 56 heavy (non-hydrogen) atoms.